The minimum Gasteiger partial charge on any atom is -0.341 e. The van der Waals surface area contributed by atoms with Gasteiger partial charge in [-0.3, -0.25) is 9.36 Å². The first kappa shape index (κ1) is 18.2. The Hall–Kier alpha value is -2.21. The van der Waals surface area contributed by atoms with E-state index in [1.165, 1.54) is 29.0 Å². The highest BCUT2D eigenvalue weighted by Crippen LogP contribution is 2.35. The van der Waals surface area contributed by atoms with Crippen molar-refractivity contribution in [3.8, 4) is 0 Å². The summed E-state index contributed by atoms with van der Waals surface area (Å²) in [5, 5.41) is 0.822. The topological polar surface area (TPSA) is 38.1 Å². The predicted molar refractivity (Wildman–Crippen MR) is 109 cm³/mol. The first-order chi connectivity index (χ1) is 13.0. The van der Waals surface area contributed by atoms with Gasteiger partial charge in [-0.15, -0.1) is 11.3 Å². The molecule has 0 amide bonds. The van der Waals surface area contributed by atoms with E-state index in [4.69, 9.17) is 4.98 Å². The molecule has 2 heterocycles. The fraction of sp³-hybridized carbons (Fsp3) is 0.429. The molecule has 6 heteroatoms. The van der Waals surface area contributed by atoms with Crippen LogP contribution in [0, 0.1) is 5.82 Å². The van der Waals surface area contributed by atoms with Gasteiger partial charge in [-0.25, -0.2) is 9.37 Å². The number of benzene rings is 1. The number of halogens is 1. The molecule has 0 atom stereocenters. The number of hydrogen-bond donors (Lipinski definition) is 0. The number of aryl methyl sites for hydroxylation is 2. The Kier molecular flexibility index (Phi) is 4.76. The van der Waals surface area contributed by atoms with Gasteiger partial charge in [0.25, 0.3) is 5.56 Å². The largest absolute Gasteiger partial charge is 0.341 e. The van der Waals surface area contributed by atoms with E-state index in [-0.39, 0.29) is 17.4 Å². The average Bonchev–Trinajstić information content (AvgIpc) is 3.01. The zero-order chi connectivity index (χ0) is 19.1. The number of hydrogen-bond acceptors (Lipinski definition) is 4. The Balaban J connectivity index is 1.82. The van der Waals surface area contributed by atoms with Crippen molar-refractivity contribution >= 4 is 27.5 Å². The van der Waals surface area contributed by atoms with Gasteiger partial charge in [0.1, 0.15) is 10.6 Å². The van der Waals surface area contributed by atoms with Crippen LogP contribution in [0.3, 0.4) is 0 Å². The number of nitrogens with zero attached hydrogens (tertiary/aromatic N) is 3. The second kappa shape index (κ2) is 7.08. The summed E-state index contributed by atoms with van der Waals surface area (Å²) in [6.45, 7) is 4.60. The molecule has 0 N–H and O–H groups in total. The maximum atomic E-state index is 13.4. The smallest absolute Gasteiger partial charge is 0.264 e. The van der Waals surface area contributed by atoms with Crippen molar-refractivity contribution in [3.05, 3.63) is 56.4 Å². The van der Waals surface area contributed by atoms with Gasteiger partial charge >= 0.3 is 0 Å². The van der Waals surface area contributed by atoms with Crippen LogP contribution in [0.25, 0.3) is 10.2 Å². The molecule has 142 valence electrons. The van der Waals surface area contributed by atoms with E-state index in [0.717, 1.165) is 35.0 Å². The van der Waals surface area contributed by atoms with Crippen LogP contribution in [0.15, 0.2) is 29.1 Å². The van der Waals surface area contributed by atoms with Crippen LogP contribution in [0.2, 0.25) is 0 Å². The zero-order valence-corrected chi connectivity index (χ0v) is 16.8. The maximum Gasteiger partial charge on any atom is 0.264 e. The van der Waals surface area contributed by atoms with Gasteiger partial charge in [-0.1, -0.05) is 12.1 Å². The van der Waals surface area contributed by atoms with Crippen LogP contribution >= 0.6 is 11.3 Å². The number of anilines is 1. The molecule has 3 aromatic rings. The molecule has 0 saturated heterocycles. The predicted octanol–water partition coefficient (Wildman–Crippen LogP) is 4.69. The third kappa shape index (κ3) is 3.27. The van der Waals surface area contributed by atoms with E-state index in [2.05, 4.69) is 0 Å². The van der Waals surface area contributed by atoms with Crippen LogP contribution in [-0.2, 0) is 19.4 Å². The average molecular weight is 386 g/mol. The van der Waals surface area contributed by atoms with Crippen LogP contribution in [0.1, 0.15) is 48.7 Å². The zero-order valence-electron chi connectivity index (χ0n) is 16.0. The van der Waals surface area contributed by atoms with Crippen molar-refractivity contribution < 1.29 is 4.39 Å². The van der Waals surface area contributed by atoms with Gasteiger partial charge in [0.2, 0.25) is 5.95 Å². The molecule has 1 aromatic carbocycles. The quantitative estimate of drug-likeness (QED) is 0.654. The second-order valence-electron chi connectivity index (χ2n) is 7.55. The summed E-state index contributed by atoms with van der Waals surface area (Å²) < 4.78 is 15.0. The van der Waals surface area contributed by atoms with Crippen molar-refractivity contribution in [1.82, 2.24) is 9.55 Å². The third-order valence-corrected chi connectivity index (χ3v) is 6.38. The molecule has 0 unspecified atom stereocenters. The molecule has 0 aliphatic heterocycles. The van der Waals surface area contributed by atoms with Gasteiger partial charge in [0, 0.05) is 24.5 Å². The summed E-state index contributed by atoms with van der Waals surface area (Å²) in [6.07, 6.45) is 4.37. The summed E-state index contributed by atoms with van der Waals surface area (Å²) >= 11 is 1.67. The lowest BCUT2D eigenvalue weighted by Gasteiger charge is -2.24. The summed E-state index contributed by atoms with van der Waals surface area (Å²) in [6, 6.07) is 6.47. The molecule has 27 heavy (non-hydrogen) atoms. The number of rotatable bonds is 4. The lowest BCUT2D eigenvalue weighted by atomic mass is 9.97. The third-order valence-electron chi connectivity index (χ3n) is 5.19. The summed E-state index contributed by atoms with van der Waals surface area (Å²) in [4.78, 5) is 22.4. The van der Waals surface area contributed by atoms with E-state index in [1.807, 2.05) is 25.8 Å². The standard InChI is InChI=1S/C21H24FN3OS/c1-13(2)25-20(26)18-16-6-4-5-7-17(16)27-19(18)23-21(25)24(3)12-14-8-10-15(22)11-9-14/h8-11,13H,4-7,12H2,1-3H3. The summed E-state index contributed by atoms with van der Waals surface area (Å²) in [5.41, 5.74) is 2.27. The number of thiophene rings is 1. The number of fused-ring (bicyclic) bond motifs is 3. The molecule has 0 saturated carbocycles. The van der Waals surface area contributed by atoms with Crippen molar-refractivity contribution in [2.75, 3.05) is 11.9 Å². The first-order valence-electron chi connectivity index (χ1n) is 9.48. The van der Waals surface area contributed by atoms with Crippen LogP contribution < -0.4 is 10.5 Å². The van der Waals surface area contributed by atoms with E-state index in [0.29, 0.717) is 12.5 Å². The molecule has 1 aliphatic carbocycles. The maximum absolute atomic E-state index is 13.4. The van der Waals surface area contributed by atoms with Gasteiger partial charge in [0.15, 0.2) is 0 Å². The van der Waals surface area contributed by atoms with E-state index in [9.17, 15) is 9.18 Å². The normalized spacial score (nSPS) is 14.0. The molecule has 0 radical (unpaired) electrons. The minimum absolute atomic E-state index is 0.0132. The Labute approximate surface area is 162 Å². The molecule has 0 fully saturated rings. The summed E-state index contributed by atoms with van der Waals surface area (Å²) in [7, 11) is 1.93. The first-order valence-corrected chi connectivity index (χ1v) is 10.3. The Morgan fingerprint density at radius 2 is 1.93 bits per heavy atom. The highest BCUT2D eigenvalue weighted by molar-refractivity contribution is 7.18. The Bertz CT molecular complexity index is 1040. The van der Waals surface area contributed by atoms with E-state index in [1.54, 1.807) is 28.0 Å². The molecule has 0 bridgehead atoms. The minimum atomic E-state index is -0.246. The fourth-order valence-corrected chi connectivity index (χ4v) is 5.12. The molecule has 1 aliphatic rings. The van der Waals surface area contributed by atoms with Crippen molar-refractivity contribution in [1.29, 1.82) is 0 Å². The monoisotopic (exact) mass is 385 g/mol. The van der Waals surface area contributed by atoms with Gasteiger partial charge < -0.3 is 4.90 Å². The molecular weight excluding hydrogens is 361 g/mol. The van der Waals surface area contributed by atoms with Gasteiger partial charge in [0.05, 0.1) is 5.39 Å². The van der Waals surface area contributed by atoms with Crippen molar-refractivity contribution in [3.63, 3.8) is 0 Å². The van der Waals surface area contributed by atoms with Crippen molar-refractivity contribution in [2.24, 2.45) is 0 Å². The molecule has 0 spiro atoms. The van der Waals surface area contributed by atoms with E-state index < -0.39 is 0 Å². The lowest BCUT2D eigenvalue weighted by molar-refractivity contribution is 0.565. The number of aromatic nitrogens is 2. The SMILES string of the molecule is CC(C)n1c(N(C)Cc2ccc(F)cc2)nc2sc3c(c2c1=O)CCCC3. The lowest BCUT2D eigenvalue weighted by Crippen LogP contribution is -2.31. The second-order valence-corrected chi connectivity index (χ2v) is 8.64. The van der Waals surface area contributed by atoms with Crippen LogP contribution in [0.4, 0.5) is 10.3 Å². The van der Waals surface area contributed by atoms with Crippen molar-refractivity contribution in [2.45, 2.75) is 52.1 Å². The Morgan fingerprint density at radius 3 is 2.63 bits per heavy atom. The van der Waals surface area contributed by atoms with E-state index >= 15 is 0 Å². The molecular formula is C21H24FN3OS. The van der Waals surface area contributed by atoms with Crippen LogP contribution in [-0.4, -0.2) is 16.6 Å². The fourth-order valence-electron chi connectivity index (χ4n) is 3.88. The molecule has 4 rings (SSSR count). The Morgan fingerprint density at radius 1 is 1.22 bits per heavy atom. The summed E-state index contributed by atoms with van der Waals surface area (Å²) in [5.74, 6) is 0.426. The molecule has 2 aromatic heterocycles. The van der Waals surface area contributed by atoms with Crippen LogP contribution in [0.5, 0.6) is 0 Å². The van der Waals surface area contributed by atoms with Gasteiger partial charge in [-0.2, -0.15) is 0 Å². The van der Waals surface area contributed by atoms with Gasteiger partial charge in [-0.05, 0) is 62.8 Å². The molecule has 4 nitrogen and oxygen atoms in total. The highest BCUT2D eigenvalue weighted by atomic mass is 32.1. The highest BCUT2D eigenvalue weighted by Gasteiger charge is 2.24.